The van der Waals surface area contributed by atoms with Crippen LogP contribution in [0.2, 0.25) is 0 Å². The first-order chi connectivity index (χ1) is 6.69. The van der Waals surface area contributed by atoms with E-state index in [-0.39, 0.29) is 5.91 Å². The number of carbonyl (C=O) groups is 1. The van der Waals surface area contributed by atoms with E-state index in [0.29, 0.717) is 12.2 Å². The summed E-state index contributed by atoms with van der Waals surface area (Å²) in [6, 6.07) is 5.42. The van der Waals surface area contributed by atoms with Gasteiger partial charge in [0.15, 0.2) is 0 Å². The average Bonchev–Trinajstić information content (AvgIpc) is 2.20. The molecule has 76 valence electrons. The molecule has 0 saturated heterocycles. The largest absolute Gasteiger partial charge is 0.380 e. The molecule has 4 heteroatoms. The van der Waals surface area contributed by atoms with Crippen molar-refractivity contribution in [2.75, 3.05) is 14.2 Å². The first-order valence-corrected chi connectivity index (χ1v) is 4.97. The molecule has 0 unspecified atom stereocenters. The lowest BCUT2D eigenvalue weighted by atomic mass is 10.1. The summed E-state index contributed by atoms with van der Waals surface area (Å²) in [5.74, 6) is -0.0881. The zero-order chi connectivity index (χ0) is 10.6. The minimum atomic E-state index is -0.0881. The van der Waals surface area contributed by atoms with E-state index in [0.717, 1.165) is 10.0 Å². The van der Waals surface area contributed by atoms with Crippen molar-refractivity contribution >= 4 is 21.8 Å². The third-order valence-electron chi connectivity index (χ3n) is 1.83. The van der Waals surface area contributed by atoms with Gasteiger partial charge in [-0.3, -0.25) is 4.79 Å². The molecule has 14 heavy (non-hydrogen) atoms. The predicted octanol–water partition coefficient (Wildman–Crippen LogP) is 1.96. The maximum Gasteiger partial charge on any atom is 0.251 e. The van der Waals surface area contributed by atoms with Crippen LogP contribution in [0.4, 0.5) is 0 Å². The van der Waals surface area contributed by atoms with Gasteiger partial charge in [-0.05, 0) is 23.8 Å². The van der Waals surface area contributed by atoms with Gasteiger partial charge in [0, 0.05) is 24.2 Å². The van der Waals surface area contributed by atoms with E-state index in [1.807, 2.05) is 12.1 Å². The van der Waals surface area contributed by atoms with Gasteiger partial charge in [0.2, 0.25) is 0 Å². The number of amides is 1. The number of ether oxygens (including phenoxy) is 1. The van der Waals surface area contributed by atoms with Crippen LogP contribution in [0, 0.1) is 0 Å². The van der Waals surface area contributed by atoms with Crippen molar-refractivity contribution in [3.8, 4) is 0 Å². The number of hydrogen-bond acceptors (Lipinski definition) is 2. The van der Waals surface area contributed by atoms with Crippen molar-refractivity contribution in [2.45, 2.75) is 6.61 Å². The number of benzene rings is 1. The molecule has 0 aliphatic carbocycles. The minimum Gasteiger partial charge on any atom is -0.380 e. The van der Waals surface area contributed by atoms with Crippen molar-refractivity contribution < 1.29 is 9.53 Å². The summed E-state index contributed by atoms with van der Waals surface area (Å²) >= 11 is 3.39. The zero-order valence-corrected chi connectivity index (χ0v) is 9.72. The van der Waals surface area contributed by atoms with Crippen molar-refractivity contribution in [3.05, 3.63) is 33.8 Å². The van der Waals surface area contributed by atoms with Gasteiger partial charge in [-0.2, -0.15) is 0 Å². The molecular formula is C10H12BrNO2. The van der Waals surface area contributed by atoms with E-state index in [1.165, 1.54) is 0 Å². The maximum absolute atomic E-state index is 11.3. The van der Waals surface area contributed by atoms with Gasteiger partial charge in [-0.15, -0.1) is 0 Å². The van der Waals surface area contributed by atoms with Crippen LogP contribution in [-0.2, 0) is 11.3 Å². The smallest absolute Gasteiger partial charge is 0.251 e. The number of methoxy groups -OCH3 is 1. The van der Waals surface area contributed by atoms with Crippen LogP contribution in [0.25, 0.3) is 0 Å². The number of carbonyl (C=O) groups excluding carboxylic acids is 1. The first-order valence-electron chi connectivity index (χ1n) is 4.18. The predicted molar refractivity (Wildman–Crippen MR) is 58.2 cm³/mol. The molecule has 1 aromatic rings. The summed E-state index contributed by atoms with van der Waals surface area (Å²) in [7, 11) is 3.24. The Morgan fingerprint density at radius 1 is 1.57 bits per heavy atom. The van der Waals surface area contributed by atoms with E-state index in [2.05, 4.69) is 21.2 Å². The number of halogens is 1. The summed E-state index contributed by atoms with van der Waals surface area (Å²) < 4.78 is 5.97. The second-order valence-corrected chi connectivity index (χ2v) is 3.67. The summed E-state index contributed by atoms with van der Waals surface area (Å²) in [4.78, 5) is 11.3. The second kappa shape index (κ2) is 5.12. The molecule has 1 amide bonds. The van der Waals surface area contributed by atoms with Crippen molar-refractivity contribution in [1.29, 1.82) is 0 Å². The highest BCUT2D eigenvalue weighted by atomic mass is 79.9. The fraction of sp³-hybridized carbons (Fsp3) is 0.300. The Kier molecular flexibility index (Phi) is 4.10. The van der Waals surface area contributed by atoms with E-state index < -0.39 is 0 Å². The molecule has 0 radical (unpaired) electrons. The van der Waals surface area contributed by atoms with Crippen LogP contribution < -0.4 is 5.32 Å². The molecule has 3 nitrogen and oxygen atoms in total. The number of rotatable bonds is 3. The molecule has 0 atom stereocenters. The Labute approximate surface area is 91.6 Å². The minimum absolute atomic E-state index is 0.0881. The fourth-order valence-electron chi connectivity index (χ4n) is 1.13. The van der Waals surface area contributed by atoms with Crippen LogP contribution in [-0.4, -0.2) is 20.1 Å². The normalized spacial score (nSPS) is 9.93. The molecule has 0 spiro atoms. The summed E-state index contributed by atoms with van der Waals surface area (Å²) in [6.07, 6.45) is 0. The molecule has 0 saturated carbocycles. The Morgan fingerprint density at radius 3 is 2.86 bits per heavy atom. The standard InChI is InChI=1S/C10H12BrNO2/c1-12-10(13)7-3-4-9(11)8(5-7)6-14-2/h3-5H,6H2,1-2H3,(H,12,13). The molecule has 1 rings (SSSR count). The van der Waals surface area contributed by atoms with E-state index >= 15 is 0 Å². The van der Waals surface area contributed by atoms with Crippen molar-refractivity contribution in [1.82, 2.24) is 5.32 Å². The van der Waals surface area contributed by atoms with Gasteiger partial charge < -0.3 is 10.1 Å². The lowest BCUT2D eigenvalue weighted by molar-refractivity contribution is 0.0962. The van der Waals surface area contributed by atoms with Gasteiger partial charge in [-0.25, -0.2) is 0 Å². The van der Waals surface area contributed by atoms with Gasteiger partial charge >= 0.3 is 0 Å². The molecule has 0 aromatic heterocycles. The lowest BCUT2D eigenvalue weighted by Crippen LogP contribution is -2.17. The molecule has 0 aliphatic rings. The molecule has 0 bridgehead atoms. The quantitative estimate of drug-likeness (QED) is 0.899. The highest BCUT2D eigenvalue weighted by molar-refractivity contribution is 9.10. The van der Waals surface area contributed by atoms with Crippen LogP contribution in [0.5, 0.6) is 0 Å². The second-order valence-electron chi connectivity index (χ2n) is 2.82. The summed E-state index contributed by atoms with van der Waals surface area (Å²) in [6.45, 7) is 0.491. The van der Waals surface area contributed by atoms with Crippen LogP contribution in [0.3, 0.4) is 0 Å². The molecule has 0 heterocycles. The van der Waals surface area contributed by atoms with Crippen LogP contribution in [0.1, 0.15) is 15.9 Å². The Morgan fingerprint density at radius 2 is 2.29 bits per heavy atom. The molecule has 0 fully saturated rings. The highest BCUT2D eigenvalue weighted by Crippen LogP contribution is 2.19. The van der Waals surface area contributed by atoms with Crippen LogP contribution >= 0.6 is 15.9 Å². The van der Waals surface area contributed by atoms with Gasteiger partial charge in [-0.1, -0.05) is 15.9 Å². The number of nitrogens with one attached hydrogen (secondary N) is 1. The maximum atomic E-state index is 11.3. The van der Waals surface area contributed by atoms with E-state index in [9.17, 15) is 4.79 Å². The van der Waals surface area contributed by atoms with Crippen molar-refractivity contribution in [3.63, 3.8) is 0 Å². The van der Waals surface area contributed by atoms with Gasteiger partial charge in [0.1, 0.15) is 0 Å². The van der Waals surface area contributed by atoms with E-state index in [1.54, 1.807) is 20.2 Å². The van der Waals surface area contributed by atoms with Gasteiger partial charge in [0.25, 0.3) is 5.91 Å². The first kappa shape index (κ1) is 11.2. The highest BCUT2D eigenvalue weighted by Gasteiger charge is 2.06. The third kappa shape index (κ3) is 2.56. The molecule has 1 aromatic carbocycles. The summed E-state index contributed by atoms with van der Waals surface area (Å²) in [5, 5.41) is 2.57. The third-order valence-corrected chi connectivity index (χ3v) is 2.61. The van der Waals surface area contributed by atoms with Crippen molar-refractivity contribution in [2.24, 2.45) is 0 Å². The fourth-order valence-corrected chi connectivity index (χ4v) is 1.49. The molecule has 0 aliphatic heterocycles. The zero-order valence-electron chi connectivity index (χ0n) is 8.13. The topological polar surface area (TPSA) is 38.3 Å². The van der Waals surface area contributed by atoms with Gasteiger partial charge in [0.05, 0.1) is 6.61 Å². The summed E-state index contributed by atoms with van der Waals surface area (Å²) in [5.41, 5.74) is 1.61. The Hall–Kier alpha value is -0.870. The number of hydrogen-bond donors (Lipinski definition) is 1. The van der Waals surface area contributed by atoms with Crippen LogP contribution in [0.15, 0.2) is 22.7 Å². The average molecular weight is 258 g/mol. The SMILES string of the molecule is CNC(=O)c1ccc(Br)c(COC)c1. The Bertz CT molecular complexity index is 339. The monoisotopic (exact) mass is 257 g/mol. The molecular weight excluding hydrogens is 246 g/mol. The Balaban J connectivity index is 2.99. The lowest BCUT2D eigenvalue weighted by Gasteiger charge is -2.05. The molecule has 1 N–H and O–H groups in total. The van der Waals surface area contributed by atoms with E-state index in [4.69, 9.17) is 4.74 Å².